The van der Waals surface area contributed by atoms with Gasteiger partial charge in [-0.1, -0.05) is 62.2 Å². The van der Waals surface area contributed by atoms with Gasteiger partial charge in [-0.05, 0) is 41.2 Å². The number of halogens is 3. The number of hydrogen-bond donors (Lipinski definition) is 3. The summed E-state index contributed by atoms with van der Waals surface area (Å²) in [5, 5.41) is 9.71. The van der Waals surface area contributed by atoms with E-state index < -0.39 is 29.2 Å². The number of hydrogen-bond acceptors (Lipinski definition) is 5. The third kappa shape index (κ3) is 5.42. The van der Waals surface area contributed by atoms with E-state index >= 15 is 4.39 Å². The zero-order valence-corrected chi connectivity index (χ0v) is 23.5. The number of methoxy groups -OCH3 is 1. The van der Waals surface area contributed by atoms with Crippen LogP contribution < -0.4 is 16.0 Å². The van der Waals surface area contributed by atoms with Gasteiger partial charge in [0.05, 0.1) is 30.9 Å². The summed E-state index contributed by atoms with van der Waals surface area (Å²) in [6.07, 6.45) is 0.547. The zero-order chi connectivity index (χ0) is 27.7. The molecule has 2 aliphatic heterocycles. The number of fused-ring (bicyclic) bond motifs is 2. The molecule has 0 aliphatic carbocycles. The van der Waals surface area contributed by atoms with E-state index in [1.807, 2.05) is 0 Å². The maximum atomic E-state index is 15.7. The highest BCUT2D eigenvalue weighted by molar-refractivity contribution is 6.31. The van der Waals surface area contributed by atoms with Gasteiger partial charge in [-0.2, -0.15) is 0 Å². The molecule has 2 amide bonds. The van der Waals surface area contributed by atoms with E-state index in [0.717, 1.165) is 0 Å². The van der Waals surface area contributed by atoms with Gasteiger partial charge in [-0.15, -0.1) is 0 Å². The number of nitrogens with one attached hydrogen (secondary N) is 3. The number of carbonyl (C=O) groups is 2. The van der Waals surface area contributed by atoms with Crippen LogP contribution in [0.25, 0.3) is 0 Å². The highest BCUT2D eigenvalue weighted by atomic mass is 35.5. The number of benzene rings is 2. The summed E-state index contributed by atoms with van der Waals surface area (Å²) in [5.74, 6) is -2.19. The van der Waals surface area contributed by atoms with E-state index in [0.29, 0.717) is 35.9 Å². The van der Waals surface area contributed by atoms with Gasteiger partial charge < -0.3 is 25.4 Å². The summed E-state index contributed by atoms with van der Waals surface area (Å²) in [6.45, 7) is 7.59. The van der Waals surface area contributed by atoms with Crippen LogP contribution in [0.4, 0.5) is 10.1 Å². The van der Waals surface area contributed by atoms with Crippen molar-refractivity contribution in [3.05, 3.63) is 63.4 Å². The number of carbonyl (C=O) groups excluding carboxylic acids is 2. The number of amides is 2. The molecule has 38 heavy (non-hydrogen) atoms. The smallest absolute Gasteiger partial charge is 0.237 e. The van der Waals surface area contributed by atoms with E-state index in [1.165, 1.54) is 6.07 Å². The molecule has 10 heteroatoms. The maximum Gasteiger partial charge on any atom is 0.237 e. The number of anilines is 1. The van der Waals surface area contributed by atoms with Crippen LogP contribution in [-0.4, -0.2) is 57.4 Å². The molecule has 4 rings (SSSR count). The van der Waals surface area contributed by atoms with Crippen molar-refractivity contribution in [2.75, 3.05) is 38.8 Å². The average Bonchev–Trinajstić information content (AvgIpc) is 3.31. The van der Waals surface area contributed by atoms with Gasteiger partial charge in [0.25, 0.3) is 0 Å². The van der Waals surface area contributed by atoms with Gasteiger partial charge in [0.15, 0.2) is 0 Å². The molecular weight excluding hydrogens is 532 g/mol. The maximum absolute atomic E-state index is 15.7. The van der Waals surface area contributed by atoms with Crippen molar-refractivity contribution >= 4 is 40.7 Å². The molecular formula is C28H34Cl2FN3O4. The Morgan fingerprint density at radius 3 is 2.63 bits per heavy atom. The normalized spacial score (nSPS) is 24.5. The summed E-state index contributed by atoms with van der Waals surface area (Å²) in [6, 6.07) is 8.50. The van der Waals surface area contributed by atoms with Crippen LogP contribution in [0.1, 0.15) is 44.2 Å². The molecule has 1 fully saturated rings. The molecule has 206 valence electrons. The van der Waals surface area contributed by atoms with Crippen molar-refractivity contribution in [2.24, 2.45) is 5.41 Å². The van der Waals surface area contributed by atoms with E-state index in [1.54, 1.807) is 37.4 Å². The quantitative estimate of drug-likeness (QED) is 0.385. The molecule has 3 N–H and O–H groups in total. The first kappa shape index (κ1) is 28.8. The monoisotopic (exact) mass is 565 g/mol. The second kappa shape index (κ2) is 11.5. The van der Waals surface area contributed by atoms with Crippen LogP contribution in [-0.2, 0) is 24.5 Å². The average molecular weight is 567 g/mol. The Morgan fingerprint density at radius 1 is 1.16 bits per heavy atom. The molecule has 1 spiro atoms. The predicted octanol–water partition coefficient (Wildman–Crippen LogP) is 4.66. The van der Waals surface area contributed by atoms with Crippen LogP contribution >= 0.6 is 23.2 Å². The zero-order valence-electron chi connectivity index (χ0n) is 22.0. The predicted molar refractivity (Wildman–Crippen MR) is 146 cm³/mol. The SMILES string of the molecule is COCCOCCNC(=O)[C@@H]1N[C@H](CC(C)(C)C)[C@]2(C(=O)Nc3cc(Cl)ccc32)C1c1cccc(Cl)c1F. The van der Waals surface area contributed by atoms with Gasteiger partial charge in [-0.25, -0.2) is 4.39 Å². The molecule has 0 saturated carbocycles. The van der Waals surface area contributed by atoms with Crippen LogP contribution in [0.2, 0.25) is 10.0 Å². The molecule has 2 aliphatic rings. The fourth-order valence-corrected chi connectivity index (χ4v) is 6.11. The number of ether oxygens (including phenoxy) is 2. The Hall–Kier alpha value is -2.23. The Balaban J connectivity index is 1.82. The molecule has 7 nitrogen and oxygen atoms in total. The first-order chi connectivity index (χ1) is 18.0. The molecule has 2 aromatic rings. The minimum absolute atomic E-state index is 0.0719. The van der Waals surface area contributed by atoms with Crippen molar-refractivity contribution in [1.29, 1.82) is 0 Å². The largest absolute Gasteiger partial charge is 0.382 e. The lowest BCUT2D eigenvalue weighted by Gasteiger charge is -2.37. The van der Waals surface area contributed by atoms with Crippen molar-refractivity contribution in [3.63, 3.8) is 0 Å². The van der Waals surface area contributed by atoms with E-state index in [2.05, 4.69) is 36.7 Å². The molecule has 4 atom stereocenters. The van der Waals surface area contributed by atoms with E-state index in [9.17, 15) is 9.59 Å². The first-order valence-electron chi connectivity index (χ1n) is 12.7. The third-order valence-electron chi connectivity index (χ3n) is 7.20. The molecule has 2 aromatic carbocycles. The summed E-state index contributed by atoms with van der Waals surface area (Å²) >= 11 is 12.5. The van der Waals surface area contributed by atoms with Crippen molar-refractivity contribution in [2.45, 2.75) is 50.6 Å². The van der Waals surface area contributed by atoms with Gasteiger partial charge in [0.2, 0.25) is 11.8 Å². The minimum atomic E-state index is -1.28. The highest BCUT2D eigenvalue weighted by Gasteiger charge is 2.66. The second-order valence-corrected chi connectivity index (χ2v) is 11.8. The second-order valence-electron chi connectivity index (χ2n) is 11.0. The Bertz CT molecular complexity index is 1210. The van der Waals surface area contributed by atoms with Crippen molar-refractivity contribution < 1.29 is 23.5 Å². The lowest BCUT2D eigenvalue weighted by molar-refractivity contribution is -0.124. The molecule has 0 radical (unpaired) electrons. The van der Waals surface area contributed by atoms with Crippen LogP contribution in [0.5, 0.6) is 0 Å². The van der Waals surface area contributed by atoms with Gasteiger partial charge in [-0.3, -0.25) is 9.59 Å². The van der Waals surface area contributed by atoms with Crippen LogP contribution in [0.3, 0.4) is 0 Å². The molecule has 1 unspecified atom stereocenters. The fraction of sp³-hybridized carbons (Fsp3) is 0.500. The topological polar surface area (TPSA) is 88.7 Å². The minimum Gasteiger partial charge on any atom is -0.382 e. The van der Waals surface area contributed by atoms with Gasteiger partial charge in [0, 0.05) is 36.3 Å². The summed E-state index contributed by atoms with van der Waals surface area (Å²) in [4.78, 5) is 27.7. The van der Waals surface area contributed by atoms with Crippen molar-refractivity contribution in [1.82, 2.24) is 10.6 Å². The molecule has 0 aromatic heterocycles. The molecule has 0 bridgehead atoms. The van der Waals surface area contributed by atoms with Crippen LogP contribution in [0.15, 0.2) is 36.4 Å². The molecule has 2 heterocycles. The highest BCUT2D eigenvalue weighted by Crippen LogP contribution is 2.57. The van der Waals surface area contributed by atoms with Crippen LogP contribution in [0, 0.1) is 11.2 Å². The first-order valence-corrected chi connectivity index (χ1v) is 13.4. The summed E-state index contributed by atoms with van der Waals surface area (Å²) < 4.78 is 26.2. The summed E-state index contributed by atoms with van der Waals surface area (Å²) in [7, 11) is 1.58. The van der Waals surface area contributed by atoms with E-state index in [-0.39, 0.29) is 41.0 Å². The lowest BCUT2D eigenvalue weighted by atomic mass is 9.62. The van der Waals surface area contributed by atoms with E-state index in [4.69, 9.17) is 32.7 Å². The standard InChI is InChI=1S/C28H34Cl2FN3O4/c1-27(2,3)15-21-28(18-9-8-16(29)14-20(18)33-26(28)36)22(17-6-5-7-19(30)23(17)31)24(34-21)25(35)32-10-11-38-13-12-37-4/h5-9,14,21-22,24,34H,10-13,15H2,1-4H3,(H,32,35)(H,33,36)/t21-,22?,24-,28+/m1/s1. The fourth-order valence-electron chi connectivity index (χ4n) is 5.75. The Labute approximate surface area is 232 Å². The Kier molecular flexibility index (Phi) is 8.69. The van der Waals surface area contributed by atoms with Gasteiger partial charge >= 0.3 is 0 Å². The van der Waals surface area contributed by atoms with Crippen molar-refractivity contribution in [3.8, 4) is 0 Å². The number of rotatable bonds is 9. The lowest BCUT2D eigenvalue weighted by Crippen LogP contribution is -2.49. The summed E-state index contributed by atoms with van der Waals surface area (Å²) in [5.41, 5.74) is -0.0521. The third-order valence-corrected chi connectivity index (χ3v) is 7.73. The Morgan fingerprint density at radius 2 is 1.92 bits per heavy atom. The van der Waals surface area contributed by atoms with Gasteiger partial charge in [0.1, 0.15) is 11.2 Å². The molecule has 1 saturated heterocycles.